The zero-order chi connectivity index (χ0) is 24.5. The molecule has 176 valence electrons. The molecule has 0 saturated heterocycles. The summed E-state index contributed by atoms with van der Waals surface area (Å²) in [7, 11) is 6.75. The molecule has 2 aromatic carbocycles. The number of rotatable bonds is 7. The van der Waals surface area contributed by atoms with Crippen molar-refractivity contribution in [2.45, 2.75) is 6.54 Å². The summed E-state index contributed by atoms with van der Waals surface area (Å²) in [5, 5.41) is 18.8. The quantitative estimate of drug-likeness (QED) is 0.437. The molecule has 0 saturated carbocycles. The Labute approximate surface area is 195 Å². The molecule has 0 aliphatic rings. The van der Waals surface area contributed by atoms with E-state index in [1.165, 1.54) is 0 Å². The van der Waals surface area contributed by atoms with Gasteiger partial charge >= 0.3 is 11.9 Å². The van der Waals surface area contributed by atoms with E-state index < -0.39 is 11.9 Å². The second kappa shape index (κ2) is 11.6. The Morgan fingerprint density at radius 1 is 1.03 bits per heavy atom. The minimum atomic E-state index is -1.82. The SMILES string of the molecule is COc1ccc(CNc2ncc(-c3cccc(Cl)c3)n2C)c(OC)c1OC.O=C(O)C(=O)O. The van der Waals surface area contributed by atoms with E-state index in [0.29, 0.717) is 28.8 Å². The second-order valence-corrected chi connectivity index (χ2v) is 6.93. The highest BCUT2D eigenvalue weighted by atomic mass is 35.5. The van der Waals surface area contributed by atoms with E-state index >= 15 is 0 Å². The van der Waals surface area contributed by atoms with Crippen LogP contribution in [0.1, 0.15) is 5.56 Å². The maximum absolute atomic E-state index is 9.10. The van der Waals surface area contributed by atoms with Crippen LogP contribution in [-0.4, -0.2) is 53.0 Å². The third-order valence-corrected chi connectivity index (χ3v) is 4.75. The molecule has 0 spiro atoms. The normalized spacial score (nSPS) is 9.97. The van der Waals surface area contributed by atoms with E-state index in [9.17, 15) is 0 Å². The fourth-order valence-corrected chi connectivity index (χ4v) is 3.16. The van der Waals surface area contributed by atoms with Crippen molar-refractivity contribution in [2.75, 3.05) is 26.6 Å². The van der Waals surface area contributed by atoms with Crippen LogP contribution < -0.4 is 19.5 Å². The number of carbonyl (C=O) groups is 2. The number of hydrogen-bond donors (Lipinski definition) is 3. The first-order valence-corrected chi connectivity index (χ1v) is 9.86. The number of anilines is 1. The molecule has 0 atom stereocenters. The van der Waals surface area contributed by atoms with Gasteiger partial charge in [0.15, 0.2) is 11.5 Å². The lowest BCUT2D eigenvalue weighted by Crippen LogP contribution is -2.09. The Morgan fingerprint density at radius 2 is 1.70 bits per heavy atom. The Kier molecular flexibility index (Phi) is 8.93. The molecule has 3 rings (SSSR count). The van der Waals surface area contributed by atoms with Gasteiger partial charge in [-0.2, -0.15) is 0 Å². The standard InChI is InChI=1S/C20H22ClN3O3.C2H2O4/c1-24-16(13-6-5-7-15(21)10-13)12-23-20(24)22-11-14-8-9-17(25-2)19(27-4)18(14)26-3;3-1(4)2(5)6/h5-10,12H,11H2,1-4H3,(H,22,23);(H,3,4)(H,5,6). The fraction of sp³-hybridized carbons (Fsp3) is 0.227. The molecule has 0 unspecified atom stereocenters. The number of carboxylic acid groups (broad SMARTS) is 2. The molecule has 1 aromatic heterocycles. The summed E-state index contributed by atoms with van der Waals surface area (Å²) in [5.74, 6) is -1.09. The number of hydrogen-bond acceptors (Lipinski definition) is 7. The number of imidazole rings is 1. The minimum absolute atomic E-state index is 0.517. The van der Waals surface area contributed by atoms with Gasteiger partial charge in [0.05, 0.1) is 33.2 Å². The highest BCUT2D eigenvalue weighted by molar-refractivity contribution is 6.30. The summed E-state index contributed by atoms with van der Waals surface area (Å²) in [6.45, 7) is 0.517. The van der Waals surface area contributed by atoms with Crippen LogP contribution in [-0.2, 0) is 23.2 Å². The number of aromatic nitrogens is 2. The third kappa shape index (κ3) is 6.30. The molecule has 0 aliphatic carbocycles. The van der Waals surface area contributed by atoms with Crippen LogP contribution in [0.15, 0.2) is 42.6 Å². The molecule has 10 nitrogen and oxygen atoms in total. The summed E-state index contributed by atoms with van der Waals surface area (Å²) in [4.78, 5) is 22.7. The van der Waals surface area contributed by atoms with Crippen molar-refractivity contribution in [3.8, 4) is 28.5 Å². The van der Waals surface area contributed by atoms with E-state index in [2.05, 4.69) is 10.3 Å². The van der Waals surface area contributed by atoms with Crippen LogP contribution in [0, 0.1) is 0 Å². The van der Waals surface area contributed by atoms with Gasteiger partial charge in [-0.25, -0.2) is 14.6 Å². The number of nitrogens with one attached hydrogen (secondary N) is 1. The number of aliphatic carboxylic acids is 2. The molecule has 3 aromatic rings. The number of nitrogens with zero attached hydrogens (tertiary/aromatic N) is 2. The molecule has 0 radical (unpaired) electrons. The smallest absolute Gasteiger partial charge is 0.414 e. The lowest BCUT2D eigenvalue weighted by atomic mass is 10.1. The Bertz CT molecular complexity index is 1120. The van der Waals surface area contributed by atoms with Gasteiger partial charge in [0, 0.05) is 29.7 Å². The largest absolute Gasteiger partial charge is 0.493 e. The minimum Gasteiger partial charge on any atom is -0.493 e. The molecule has 1 heterocycles. The predicted molar refractivity (Wildman–Crippen MR) is 122 cm³/mol. The van der Waals surface area contributed by atoms with Crippen molar-refractivity contribution in [3.05, 3.63) is 53.2 Å². The van der Waals surface area contributed by atoms with Gasteiger partial charge in [-0.1, -0.05) is 23.7 Å². The summed E-state index contributed by atoms with van der Waals surface area (Å²) in [6.07, 6.45) is 1.82. The summed E-state index contributed by atoms with van der Waals surface area (Å²) >= 11 is 6.10. The first-order valence-electron chi connectivity index (χ1n) is 9.49. The van der Waals surface area contributed by atoms with Crippen molar-refractivity contribution >= 4 is 29.5 Å². The summed E-state index contributed by atoms with van der Waals surface area (Å²) in [6, 6.07) is 11.5. The Morgan fingerprint density at radius 3 is 2.24 bits per heavy atom. The molecule has 33 heavy (non-hydrogen) atoms. The van der Waals surface area contributed by atoms with Crippen LogP contribution in [0.5, 0.6) is 17.2 Å². The Hall–Kier alpha value is -3.92. The van der Waals surface area contributed by atoms with Crippen LogP contribution in [0.4, 0.5) is 5.95 Å². The molecular formula is C22H24ClN3O7. The van der Waals surface area contributed by atoms with Crippen molar-refractivity contribution in [1.29, 1.82) is 0 Å². The van der Waals surface area contributed by atoms with Gasteiger partial charge in [0.1, 0.15) is 0 Å². The lowest BCUT2D eigenvalue weighted by Gasteiger charge is -2.16. The van der Waals surface area contributed by atoms with E-state index in [4.69, 9.17) is 45.6 Å². The summed E-state index contributed by atoms with van der Waals surface area (Å²) in [5.41, 5.74) is 2.91. The van der Waals surface area contributed by atoms with Gasteiger partial charge < -0.3 is 34.3 Å². The summed E-state index contributed by atoms with van der Waals surface area (Å²) < 4.78 is 18.3. The fourth-order valence-electron chi connectivity index (χ4n) is 2.97. The number of methoxy groups -OCH3 is 3. The first-order chi connectivity index (χ1) is 15.7. The monoisotopic (exact) mass is 477 g/mol. The predicted octanol–water partition coefficient (Wildman–Crippen LogP) is 3.53. The van der Waals surface area contributed by atoms with Crippen LogP contribution >= 0.6 is 11.6 Å². The van der Waals surface area contributed by atoms with Gasteiger partial charge in [0.25, 0.3) is 0 Å². The molecule has 0 aliphatic heterocycles. The second-order valence-electron chi connectivity index (χ2n) is 6.49. The van der Waals surface area contributed by atoms with Gasteiger partial charge in [0.2, 0.25) is 11.7 Å². The molecule has 0 amide bonds. The van der Waals surface area contributed by atoms with E-state index in [0.717, 1.165) is 22.8 Å². The highest BCUT2D eigenvalue weighted by Crippen LogP contribution is 2.40. The Balaban J connectivity index is 0.000000569. The number of halogens is 1. The van der Waals surface area contributed by atoms with Gasteiger partial charge in [-0.15, -0.1) is 0 Å². The highest BCUT2D eigenvalue weighted by Gasteiger charge is 2.16. The molecular weight excluding hydrogens is 454 g/mol. The first kappa shape index (κ1) is 25.3. The molecule has 0 bridgehead atoms. The average Bonchev–Trinajstić information content (AvgIpc) is 3.17. The average molecular weight is 478 g/mol. The molecule has 3 N–H and O–H groups in total. The van der Waals surface area contributed by atoms with Crippen molar-refractivity contribution in [3.63, 3.8) is 0 Å². The zero-order valence-corrected chi connectivity index (χ0v) is 19.2. The van der Waals surface area contributed by atoms with Crippen molar-refractivity contribution in [1.82, 2.24) is 9.55 Å². The van der Waals surface area contributed by atoms with Gasteiger partial charge in [-0.05, 0) is 24.3 Å². The van der Waals surface area contributed by atoms with Crippen LogP contribution in [0.3, 0.4) is 0 Å². The number of ether oxygens (including phenoxy) is 3. The topological polar surface area (TPSA) is 132 Å². The van der Waals surface area contributed by atoms with Gasteiger partial charge in [-0.3, -0.25) is 0 Å². The van der Waals surface area contributed by atoms with E-state index in [-0.39, 0.29) is 0 Å². The zero-order valence-electron chi connectivity index (χ0n) is 18.5. The molecule has 0 fully saturated rings. The van der Waals surface area contributed by atoms with E-state index in [1.807, 2.05) is 54.2 Å². The maximum atomic E-state index is 9.10. The van der Waals surface area contributed by atoms with Crippen LogP contribution in [0.2, 0.25) is 5.02 Å². The molecule has 11 heteroatoms. The maximum Gasteiger partial charge on any atom is 0.414 e. The van der Waals surface area contributed by atoms with Crippen molar-refractivity contribution in [2.24, 2.45) is 7.05 Å². The lowest BCUT2D eigenvalue weighted by molar-refractivity contribution is -0.159. The number of carboxylic acids is 2. The van der Waals surface area contributed by atoms with E-state index in [1.54, 1.807) is 21.3 Å². The number of benzene rings is 2. The van der Waals surface area contributed by atoms with Crippen molar-refractivity contribution < 1.29 is 34.0 Å². The third-order valence-electron chi connectivity index (χ3n) is 4.51. The van der Waals surface area contributed by atoms with Crippen LogP contribution in [0.25, 0.3) is 11.3 Å².